The van der Waals surface area contributed by atoms with Crippen molar-refractivity contribution in [1.82, 2.24) is 10.2 Å². The van der Waals surface area contributed by atoms with Crippen LogP contribution in [0.1, 0.15) is 33.6 Å². The second kappa shape index (κ2) is 8.54. The molecule has 0 aromatic rings. The third kappa shape index (κ3) is 5.79. The zero-order chi connectivity index (χ0) is 16.0. The molecule has 0 saturated carbocycles. The van der Waals surface area contributed by atoms with Crippen molar-refractivity contribution in [1.29, 1.82) is 0 Å². The molecule has 0 spiro atoms. The molecule has 1 aliphatic rings. The van der Waals surface area contributed by atoms with Gasteiger partial charge in [0.2, 0.25) is 5.91 Å². The zero-order valence-corrected chi connectivity index (χ0v) is 14.2. The SMILES string of the molecule is CC1=CC(CO)C(C(C)C)CC1CC(=O)NCCN(C)C. The molecule has 0 heterocycles. The third-order valence-corrected chi connectivity index (χ3v) is 4.61. The molecule has 0 saturated heterocycles. The summed E-state index contributed by atoms with van der Waals surface area (Å²) in [5.41, 5.74) is 1.26. The van der Waals surface area contributed by atoms with E-state index in [1.54, 1.807) is 0 Å². The monoisotopic (exact) mass is 296 g/mol. The lowest BCUT2D eigenvalue weighted by molar-refractivity contribution is -0.122. The number of aliphatic hydroxyl groups is 1. The topological polar surface area (TPSA) is 52.6 Å². The highest BCUT2D eigenvalue weighted by Crippen LogP contribution is 2.38. The molecule has 2 N–H and O–H groups in total. The molecular weight excluding hydrogens is 264 g/mol. The maximum Gasteiger partial charge on any atom is 0.220 e. The molecular formula is C17H32N2O2. The van der Waals surface area contributed by atoms with Gasteiger partial charge in [-0.2, -0.15) is 0 Å². The molecule has 21 heavy (non-hydrogen) atoms. The lowest BCUT2D eigenvalue weighted by Gasteiger charge is -2.36. The Morgan fingerprint density at radius 3 is 2.67 bits per heavy atom. The van der Waals surface area contributed by atoms with E-state index in [4.69, 9.17) is 0 Å². The van der Waals surface area contributed by atoms with Gasteiger partial charge in [0.05, 0.1) is 0 Å². The van der Waals surface area contributed by atoms with Crippen molar-refractivity contribution in [2.24, 2.45) is 23.7 Å². The molecule has 0 radical (unpaired) electrons. The van der Waals surface area contributed by atoms with Crippen LogP contribution in [0.25, 0.3) is 0 Å². The highest BCUT2D eigenvalue weighted by molar-refractivity contribution is 5.76. The second-order valence-corrected chi connectivity index (χ2v) is 6.95. The highest BCUT2D eigenvalue weighted by atomic mass is 16.3. The van der Waals surface area contributed by atoms with Crippen LogP contribution in [0.4, 0.5) is 0 Å². The van der Waals surface area contributed by atoms with Crippen LogP contribution in [-0.2, 0) is 4.79 Å². The Morgan fingerprint density at radius 2 is 2.14 bits per heavy atom. The van der Waals surface area contributed by atoms with Gasteiger partial charge < -0.3 is 15.3 Å². The van der Waals surface area contributed by atoms with Gasteiger partial charge in [0.15, 0.2) is 0 Å². The third-order valence-electron chi connectivity index (χ3n) is 4.61. The molecule has 1 rings (SSSR count). The molecule has 0 fully saturated rings. The number of nitrogens with one attached hydrogen (secondary N) is 1. The van der Waals surface area contributed by atoms with Crippen LogP contribution >= 0.6 is 0 Å². The summed E-state index contributed by atoms with van der Waals surface area (Å²) in [5, 5.41) is 12.5. The van der Waals surface area contributed by atoms with E-state index in [1.807, 2.05) is 14.1 Å². The van der Waals surface area contributed by atoms with Crippen LogP contribution in [0.15, 0.2) is 11.6 Å². The lowest BCUT2D eigenvalue weighted by atomic mass is 9.70. The van der Waals surface area contributed by atoms with E-state index in [1.165, 1.54) is 5.57 Å². The van der Waals surface area contributed by atoms with E-state index in [2.05, 4.69) is 37.1 Å². The van der Waals surface area contributed by atoms with Crippen LogP contribution in [0.3, 0.4) is 0 Å². The van der Waals surface area contributed by atoms with Crippen LogP contribution in [-0.4, -0.2) is 49.7 Å². The van der Waals surface area contributed by atoms with Crippen LogP contribution < -0.4 is 5.32 Å². The van der Waals surface area contributed by atoms with Crippen molar-refractivity contribution in [3.05, 3.63) is 11.6 Å². The number of rotatable bonds is 7. The quantitative estimate of drug-likeness (QED) is 0.706. The first-order valence-electron chi connectivity index (χ1n) is 8.05. The van der Waals surface area contributed by atoms with Crippen molar-refractivity contribution in [3.63, 3.8) is 0 Å². The van der Waals surface area contributed by atoms with Crippen molar-refractivity contribution >= 4 is 5.91 Å². The Balaban J connectivity index is 2.56. The summed E-state index contributed by atoms with van der Waals surface area (Å²) >= 11 is 0. The van der Waals surface area contributed by atoms with Gasteiger partial charge in [0.1, 0.15) is 0 Å². The summed E-state index contributed by atoms with van der Waals surface area (Å²) in [6, 6.07) is 0. The van der Waals surface area contributed by atoms with Gasteiger partial charge in [-0.05, 0) is 45.2 Å². The highest BCUT2D eigenvalue weighted by Gasteiger charge is 2.31. The number of likely N-dealkylation sites (N-methyl/N-ethyl adjacent to an activating group) is 1. The number of allylic oxidation sites excluding steroid dienone is 1. The number of nitrogens with zero attached hydrogens (tertiary/aromatic N) is 1. The van der Waals surface area contributed by atoms with Gasteiger partial charge in [-0.15, -0.1) is 0 Å². The summed E-state index contributed by atoms with van der Waals surface area (Å²) in [7, 11) is 4.00. The van der Waals surface area contributed by atoms with E-state index < -0.39 is 0 Å². The molecule has 122 valence electrons. The predicted octanol–water partition coefficient (Wildman–Crippen LogP) is 1.90. The fourth-order valence-electron chi connectivity index (χ4n) is 3.20. The predicted molar refractivity (Wildman–Crippen MR) is 86.9 cm³/mol. The summed E-state index contributed by atoms with van der Waals surface area (Å²) in [4.78, 5) is 14.1. The molecule has 0 aromatic heterocycles. The molecule has 0 aromatic carbocycles. The normalized spacial score (nSPS) is 26.1. The molecule has 4 heteroatoms. The Bertz CT molecular complexity index is 364. The zero-order valence-electron chi connectivity index (χ0n) is 14.2. The summed E-state index contributed by atoms with van der Waals surface area (Å²) in [6.07, 6.45) is 3.76. The Kier molecular flexibility index (Phi) is 7.40. The fraction of sp³-hybridized carbons (Fsp3) is 0.824. The second-order valence-electron chi connectivity index (χ2n) is 6.95. The Morgan fingerprint density at radius 1 is 1.48 bits per heavy atom. The molecule has 4 nitrogen and oxygen atoms in total. The molecule has 0 aliphatic heterocycles. The number of carbonyl (C=O) groups is 1. The Hall–Kier alpha value is -0.870. The number of hydrogen-bond acceptors (Lipinski definition) is 3. The van der Waals surface area contributed by atoms with Crippen LogP contribution in [0, 0.1) is 23.7 Å². The lowest BCUT2D eigenvalue weighted by Crippen LogP contribution is -2.35. The smallest absolute Gasteiger partial charge is 0.220 e. The van der Waals surface area contributed by atoms with E-state index in [9.17, 15) is 9.90 Å². The van der Waals surface area contributed by atoms with E-state index in [0.717, 1.165) is 13.0 Å². The first kappa shape index (κ1) is 18.2. The van der Waals surface area contributed by atoms with Crippen molar-refractivity contribution in [2.75, 3.05) is 33.8 Å². The van der Waals surface area contributed by atoms with E-state index in [-0.39, 0.29) is 18.4 Å². The van der Waals surface area contributed by atoms with Crippen LogP contribution in [0.5, 0.6) is 0 Å². The number of aliphatic hydroxyl groups excluding tert-OH is 1. The van der Waals surface area contributed by atoms with E-state index in [0.29, 0.717) is 30.7 Å². The standard InChI is InChI=1S/C17H32N2O2/c1-12(2)16-9-14(13(3)8-15(16)11-20)10-17(21)18-6-7-19(4)5/h8,12,14-16,20H,6-7,9-11H2,1-5H3,(H,18,21). The fourth-order valence-corrected chi connectivity index (χ4v) is 3.20. The minimum Gasteiger partial charge on any atom is -0.396 e. The Labute approximate surface area is 129 Å². The maximum absolute atomic E-state index is 12.1. The summed E-state index contributed by atoms with van der Waals surface area (Å²) < 4.78 is 0. The van der Waals surface area contributed by atoms with Crippen LogP contribution in [0.2, 0.25) is 0 Å². The average molecular weight is 296 g/mol. The van der Waals surface area contributed by atoms with Gasteiger partial charge in [0.25, 0.3) is 0 Å². The molecule has 1 amide bonds. The summed E-state index contributed by atoms with van der Waals surface area (Å²) in [6.45, 7) is 8.28. The van der Waals surface area contributed by atoms with Gasteiger partial charge >= 0.3 is 0 Å². The number of amides is 1. The first-order chi connectivity index (χ1) is 9.85. The summed E-state index contributed by atoms with van der Waals surface area (Å²) in [5.74, 6) is 1.71. The van der Waals surface area contributed by atoms with Gasteiger partial charge in [-0.1, -0.05) is 25.5 Å². The molecule has 1 aliphatic carbocycles. The number of carbonyl (C=O) groups excluding carboxylic acids is 1. The minimum atomic E-state index is 0.138. The van der Waals surface area contributed by atoms with E-state index >= 15 is 0 Å². The first-order valence-corrected chi connectivity index (χ1v) is 8.05. The van der Waals surface area contributed by atoms with Crippen molar-refractivity contribution in [3.8, 4) is 0 Å². The van der Waals surface area contributed by atoms with Gasteiger partial charge in [-0.25, -0.2) is 0 Å². The maximum atomic E-state index is 12.1. The average Bonchev–Trinajstić information content (AvgIpc) is 2.39. The molecule has 3 atom stereocenters. The largest absolute Gasteiger partial charge is 0.396 e. The van der Waals surface area contributed by atoms with Crippen molar-refractivity contribution in [2.45, 2.75) is 33.6 Å². The van der Waals surface area contributed by atoms with Gasteiger partial charge in [-0.3, -0.25) is 4.79 Å². The molecule has 3 unspecified atom stereocenters. The minimum absolute atomic E-state index is 0.138. The number of hydrogen-bond donors (Lipinski definition) is 2. The van der Waals surface area contributed by atoms with Gasteiger partial charge in [0, 0.05) is 32.0 Å². The van der Waals surface area contributed by atoms with Crippen molar-refractivity contribution < 1.29 is 9.90 Å². The molecule has 0 bridgehead atoms.